The SMILES string of the molecule is CC1CN(Cc2nnc(-c3cccs3)o2)CC(C)N1. The number of hydrogen-bond acceptors (Lipinski definition) is 6. The van der Waals surface area contributed by atoms with Crippen LogP contribution >= 0.6 is 11.3 Å². The van der Waals surface area contributed by atoms with Gasteiger partial charge in [0.2, 0.25) is 5.89 Å². The minimum Gasteiger partial charge on any atom is -0.419 e. The highest BCUT2D eigenvalue weighted by Gasteiger charge is 2.22. The molecule has 0 amide bonds. The highest BCUT2D eigenvalue weighted by Crippen LogP contribution is 2.23. The third-order valence-corrected chi connectivity index (χ3v) is 4.05. The molecule has 3 heterocycles. The molecule has 6 heteroatoms. The van der Waals surface area contributed by atoms with E-state index < -0.39 is 0 Å². The summed E-state index contributed by atoms with van der Waals surface area (Å²) < 4.78 is 5.73. The van der Waals surface area contributed by atoms with Crippen LogP contribution in [0.2, 0.25) is 0 Å². The maximum Gasteiger partial charge on any atom is 0.257 e. The summed E-state index contributed by atoms with van der Waals surface area (Å²) >= 11 is 1.62. The lowest BCUT2D eigenvalue weighted by Gasteiger charge is -2.35. The van der Waals surface area contributed by atoms with Crippen LogP contribution in [0.1, 0.15) is 19.7 Å². The Bertz CT molecular complexity index is 514. The number of hydrogen-bond donors (Lipinski definition) is 1. The van der Waals surface area contributed by atoms with Gasteiger partial charge in [-0.3, -0.25) is 4.90 Å². The molecule has 1 aliphatic heterocycles. The van der Waals surface area contributed by atoms with E-state index >= 15 is 0 Å². The molecule has 1 N–H and O–H groups in total. The van der Waals surface area contributed by atoms with Gasteiger partial charge in [0.05, 0.1) is 11.4 Å². The van der Waals surface area contributed by atoms with Gasteiger partial charge in [0, 0.05) is 25.2 Å². The second-order valence-electron chi connectivity index (χ2n) is 5.14. The lowest BCUT2D eigenvalue weighted by atomic mass is 10.1. The Kier molecular flexibility index (Phi) is 3.63. The Morgan fingerprint density at radius 2 is 2.16 bits per heavy atom. The van der Waals surface area contributed by atoms with Crippen LogP contribution in [0.15, 0.2) is 21.9 Å². The molecule has 5 nitrogen and oxygen atoms in total. The molecule has 19 heavy (non-hydrogen) atoms. The van der Waals surface area contributed by atoms with E-state index in [1.807, 2.05) is 17.5 Å². The predicted molar refractivity (Wildman–Crippen MR) is 74.9 cm³/mol. The zero-order valence-electron chi connectivity index (χ0n) is 11.2. The van der Waals surface area contributed by atoms with E-state index in [0.717, 1.165) is 24.5 Å². The minimum atomic E-state index is 0.503. The van der Waals surface area contributed by atoms with Crippen LogP contribution in [0.25, 0.3) is 10.8 Å². The normalized spacial score (nSPS) is 24.7. The summed E-state index contributed by atoms with van der Waals surface area (Å²) in [5.74, 6) is 1.32. The maximum atomic E-state index is 5.73. The largest absolute Gasteiger partial charge is 0.419 e. The van der Waals surface area contributed by atoms with Crippen molar-refractivity contribution in [1.29, 1.82) is 0 Å². The standard InChI is InChI=1S/C13H18N4OS/c1-9-6-17(7-10(2)14-9)8-12-15-16-13(18-12)11-4-3-5-19-11/h3-5,9-10,14H,6-8H2,1-2H3. The van der Waals surface area contributed by atoms with Crippen LogP contribution in [0.5, 0.6) is 0 Å². The van der Waals surface area contributed by atoms with Gasteiger partial charge in [-0.2, -0.15) is 0 Å². The summed E-state index contributed by atoms with van der Waals surface area (Å²) in [4.78, 5) is 3.39. The fraction of sp³-hybridized carbons (Fsp3) is 0.538. The van der Waals surface area contributed by atoms with Gasteiger partial charge in [-0.1, -0.05) is 6.07 Å². The molecular weight excluding hydrogens is 260 g/mol. The molecule has 1 fully saturated rings. The monoisotopic (exact) mass is 278 g/mol. The van der Waals surface area contributed by atoms with E-state index in [2.05, 4.69) is 34.3 Å². The third-order valence-electron chi connectivity index (χ3n) is 3.19. The van der Waals surface area contributed by atoms with E-state index in [1.54, 1.807) is 11.3 Å². The predicted octanol–water partition coefficient (Wildman–Crippen LogP) is 1.98. The van der Waals surface area contributed by atoms with Crippen LogP contribution in [0.3, 0.4) is 0 Å². The van der Waals surface area contributed by atoms with E-state index in [9.17, 15) is 0 Å². The van der Waals surface area contributed by atoms with Crippen molar-refractivity contribution in [2.24, 2.45) is 0 Å². The smallest absolute Gasteiger partial charge is 0.257 e. The number of nitrogens with one attached hydrogen (secondary N) is 1. The molecule has 0 aromatic carbocycles. The van der Waals surface area contributed by atoms with E-state index in [0.29, 0.717) is 23.9 Å². The second-order valence-corrected chi connectivity index (χ2v) is 6.09. The van der Waals surface area contributed by atoms with Gasteiger partial charge in [-0.15, -0.1) is 21.5 Å². The number of aromatic nitrogens is 2. The van der Waals surface area contributed by atoms with Crippen LogP contribution in [-0.2, 0) is 6.54 Å². The number of thiophene rings is 1. The Balaban J connectivity index is 1.67. The van der Waals surface area contributed by atoms with Gasteiger partial charge in [0.1, 0.15) is 0 Å². The zero-order valence-corrected chi connectivity index (χ0v) is 12.0. The van der Waals surface area contributed by atoms with Crippen LogP contribution < -0.4 is 5.32 Å². The molecule has 0 aliphatic carbocycles. The van der Waals surface area contributed by atoms with Gasteiger partial charge in [-0.05, 0) is 25.3 Å². The highest BCUT2D eigenvalue weighted by molar-refractivity contribution is 7.13. The average Bonchev–Trinajstić information content (AvgIpc) is 2.96. The van der Waals surface area contributed by atoms with Gasteiger partial charge >= 0.3 is 0 Å². The molecule has 0 spiro atoms. The molecule has 3 rings (SSSR count). The quantitative estimate of drug-likeness (QED) is 0.930. The van der Waals surface area contributed by atoms with Gasteiger partial charge in [-0.25, -0.2) is 0 Å². The fourth-order valence-electron chi connectivity index (χ4n) is 2.58. The maximum absolute atomic E-state index is 5.73. The fourth-order valence-corrected chi connectivity index (χ4v) is 3.22. The van der Waals surface area contributed by atoms with Crippen LogP contribution in [-0.4, -0.2) is 40.3 Å². The van der Waals surface area contributed by atoms with Crippen molar-refractivity contribution < 1.29 is 4.42 Å². The molecule has 2 atom stereocenters. The first-order chi connectivity index (χ1) is 9.20. The molecule has 0 bridgehead atoms. The Morgan fingerprint density at radius 3 is 2.84 bits per heavy atom. The number of piperazine rings is 1. The first-order valence-corrected chi connectivity index (χ1v) is 7.43. The summed E-state index contributed by atoms with van der Waals surface area (Å²) in [6.07, 6.45) is 0. The van der Waals surface area contributed by atoms with Gasteiger partial charge in [0.15, 0.2) is 0 Å². The van der Waals surface area contributed by atoms with Crippen molar-refractivity contribution in [3.8, 4) is 10.8 Å². The Labute approximate surface area is 116 Å². The van der Waals surface area contributed by atoms with Crippen molar-refractivity contribution in [3.63, 3.8) is 0 Å². The first kappa shape index (κ1) is 12.8. The molecule has 2 aromatic heterocycles. The topological polar surface area (TPSA) is 54.2 Å². The lowest BCUT2D eigenvalue weighted by Crippen LogP contribution is -2.53. The van der Waals surface area contributed by atoms with Crippen molar-refractivity contribution in [2.75, 3.05) is 13.1 Å². The van der Waals surface area contributed by atoms with Crippen molar-refractivity contribution in [1.82, 2.24) is 20.4 Å². The van der Waals surface area contributed by atoms with Crippen LogP contribution in [0, 0.1) is 0 Å². The van der Waals surface area contributed by atoms with Gasteiger partial charge in [0.25, 0.3) is 5.89 Å². The molecular formula is C13H18N4OS. The summed E-state index contributed by atoms with van der Waals surface area (Å²) in [7, 11) is 0. The molecule has 1 aliphatic rings. The molecule has 2 unspecified atom stereocenters. The molecule has 2 aromatic rings. The first-order valence-electron chi connectivity index (χ1n) is 6.55. The second kappa shape index (κ2) is 5.40. The summed E-state index contributed by atoms with van der Waals surface area (Å²) in [6.45, 7) is 7.16. The van der Waals surface area contributed by atoms with Crippen molar-refractivity contribution in [3.05, 3.63) is 23.4 Å². The Morgan fingerprint density at radius 1 is 1.37 bits per heavy atom. The summed E-state index contributed by atoms with van der Waals surface area (Å²) in [6, 6.07) is 4.99. The lowest BCUT2D eigenvalue weighted by molar-refractivity contribution is 0.154. The number of nitrogens with zero attached hydrogens (tertiary/aromatic N) is 3. The summed E-state index contributed by atoms with van der Waals surface area (Å²) in [5, 5.41) is 13.8. The third kappa shape index (κ3) is 3.02. The van der Waals surface area contributed by atoms with Crippen LogP contribution in [0.4, 0.5) is 0 Å². The van der Waals surface area contributed by atoms with Crippen molar-refractivity contribution >= 4 is 11.3 Å². The molecule has 0 saturated carbocycles. The Hall–Kier alpha value is -1.24. The molecule has 102 valence electrons. The highest BCUT2D eigenvalue weighted by atomic mass is 32.1. The van der Waals surface area contributed by atoms with E-state index in [4.69, 9.17) is 4.42 Å². The van der Waals surface area contributed by atoms with E-state index in [-0.39, 0.29) is 0 Å². The summed E-state index contributed by atoms with van der Waals surface area (Å²) in [5.41, 5.74) is 0. The molecule has 0 radical (unpaired) electrons. The van der Waals surface area contributed by atoms with Crippen molar-refractivity contribution in [2.45, 2.75) is 32.5 Å². The van der Waals surface area contributed by atoms with Gasteiger partial charge < -0.3 is 9.73 Å². The minimum absolute atomic E-state index is 0.503. The average molecular weight is 278 g/mol. The zero-order chi connectivity index (χ0) is 13.2. The number of rotatable bonds is 3. The molecule has 1 saturated heterocycles. The van der Waals surface area contributed by atoms with E-state index in [1.165, 1.54) is 0 Å².